The molecule has 238 valence electrons. The van der Waals surface area contributed by atoms with Crippen molar-refractivity contribution in [1.29, 1.82) is 0 Å². The molecular formula is C36H38Br2O6Te. The molecule has 0 aromatic heterocycles. The van der Waals surface area contributed by atoms with Gasteiger partial charge in [0, 0.05) is 0 Å². The summed E-state index contributed by atoms with van der Waals surface area (Å²) in [6.45, 7) is 10.6. The molecule has 0 aliphatic rings. The first-order valence-corrected chi connectivity index (χ1v) is 27.2. The van der Waals surface area contributed by atoms with Crippen molar-refractivity contribution in [2.24, 2.45) is 0 Å². The standard InChI is InChI=1S/C36H38Br2O6Te/c1-35(2,3)43-33(39)23-41-31-19-17-27(21-29(31)25-13-9-7-10-14-25)45(37,38)28-18-20-32(42-24-34(40)44-36(4,5)6)30(22-28)26-15-11-8-12-16-26/h7-22H,23-24H2,1-6H3. The Kier molecular flexibility index (Phi) is 11.5. The first kappa shape index (κ1) is 35.0. The summed E-state index contributed by atoms with van der Waals surface area (Å²) >= 11 is 4.92. The first-order chi connectivity index (χ1) is 21.1. The fourth-order valence-corrected chi connectivity index (χ4v) is 13.5. The molecule has 0 amide bonds. The van der Waals surface area contributed by atoms with Crippen molar-refractivity contribution in [2.45, 2.75) is 52.7 Å². The van der Waals surface area contributed by atoms with E-state index in [4.69, 9.17) is 18.9 Å². The Morgan fingerprint density at radius 2 is 0.933 bits per heavy atom. The van der Waals surface area contributed by atoms with Crippen LogP contribution in [0.1, 0.15) is 41.5 Å². The van der Waals surface area contributed by atoms with Crippen LogP contribution in [-0.2, 0) is 19.1 Å². The SMILES string of the molecule is CC(C)(C)OC(=O)COc1ccc([Te](Br)(Br)c2ccc(OCC(=O)OC(C)(C)C)c(-c3ccccc3)c2)cc1-c1ccccc1. The van der Waals surface area contributed by atoms with Gasteiger partial charge in [0.15, 0.2) is 0 Å². The molecule has 0 aliphatic heterocycles. The fourth-order valence-electron chi connectivity index (χ4n) is 4.43. The van der Waals surface area contributed by atoms with Gasteiger partial charge in [-0.3, -0.25) is 0 Å². The Hall–Kier alpha value is -2.83. The molecule has 4 aromatic rings. The van der Waals surface area contributed by atoms with Gasteiger partial charge < -0.3 is 0 Å². The zero-order valence-electron chi connectivity index (χ0n) is 26.3. The van der Waals surface area contributed by atoms with Gasteiger partial charge >= 0.3 is 284 Å². The zero-order valence-corrected chi connectivity index (χ0v) is 31.8. The summed E-state index contributed by atoms with van der Waals surface area (Å²) in [4.78, 5) is 24.8. The predicted octanol–water partition coefficient (Wildman–Crippen LogP) is 7.81. The molecule has 45 heavy (non-hydrogen) atoms. The number of carbonyl (C=O) groups is 2. The molecule has 0 atom stereocenters. The number of hydrogen-bond acceptors (Lipinski definition) is 6. The van der Waals surface area contributed by atoms with E-state index in [1.165, 1.54) is 0 Å². The molecule has 0 saturated carbocycles. The number of rotatable bonds is 10. The Bertz CT molecular complexity index is 1510. The molecule has 0 N–H and O–H groups in total. The average Bonchev–Trinajstić information content (AvgIpc) is 2.98. The van der Waals surface area contributed by atoms with Crippen LogP contribution in [0.5, 0.6) is 11.5 Å². The van der Waals surface area contributed by atoms with Crippen LogP contribution in [0.2, 0.25) is 0 Å². The monoisotopic (exact) mass is 854 g/mol. The van der Waals surface area contributed by atoms with Crippen molar-refractivity contribution >= 4 is 58.4 Å². The van der Waals surface area contributed by atoms with Crippen molar-refractivity contribution in [3.05, 3.63) is 97.1 Å². The van der Waals surface area contributed by atoms with E-state index < -0.39 is 36.9 Å². The van der Waals surface area contributed by atoms with Crippen LogP contribution in [0.25, 0.3) is 22.3 Å². The van der Waals surface area contributed by atoms with E-state index in [9.17, 15) is 9.59 Å². The topological polar surface area (TPSA) is 71.1 Å². The second-order valence-corrected chi connectivity index (χ2v) is 36.5. The molecule has 0 spiro atoms. The molecular weight excluding hydrogens is 816 g/mol. The van der Waals surface area contributed by atoms with E-state index in [1.54, 1.807) is 0 Å². The van der Waals surface area contributed by atoms with Crippen molar-refractivity contribution in [3.63, 3.8) is 0 Å². The normalized spacial score (nSPS) is 12.3. The fraction of sp³-hybridized carbons (Fsp3) is 0.278. The summed E-state index contributed by atoms with van der Waals surface area (Å²) in [7, 11) is 0. The third-order valence-corrected chi connectivity index (χ3v) is 21.1. The number of halogens is 2. The second kappa shape index (κ2) is 14.7. The van der Waals surface area contributed by atoms with Gasteiger partial charge in [0.2, 0.25) is 0 Å². The van der Waals surface area contributed by atoms with Crippen LogP contribution >= 0.6 is 25.5 Å². The maximum atomic E-state index is 12.4. The predicted molar refractivity (Wildman–Crippen MR) is 189 cm³/mol. The van der Waals surface area contributed by atoms with Crippen LogP contribution in [0.4, 0.5) is 0 Å². The number of hydrogen-bond donors (Lipinski definition) is 0. The Labute approximate surface area is 281 Å². The minimum absolute atomic E-state index is 0.197. The van der Waals surface area contributed by atoms with Crippen LogP contribution in [0.3, 0.4) is 0 Å². The number of benzene rings is 4. The number of carbonyl (C=O) groups excluding carboxylic acids is 2. The summed E-state index contributed by atoms with van der Waals surface area (Å²) < 4.78 is 25.1. The van der Waals surface area contributed by atoms with E-state index in [2.05, 4.69) is 37.6 Å². The molecule has 0 bridgehead atoms. The van der Waals surface area contributed by atoms with Crippen molar-refractivity contribution in [3.8, 4) is 33.8 Å². The van der Waals surface area contributed by atoms with E-state index in [0.29, 0.717) is 11.5 Å². The van der Waals surface area contributed by atoms with Gasteiger partial charge in [0.25, 0.3) is 0 Å². The Morgan fingerprint density at radius 3 is 1.27 bits per heavy atom. The average molecular weight is 854 g/mol. The van der Waals surface area contributed by atoms with Gasteiger partial charge in [-0.2, -0.15) is 0 Å². The van der Waals surface area contributed by atoms with Crippen LogP contribution in [0, 0.1) is 0 Å². The van der Waals surface area contributed by atoms with Gasteiger partial charge in [0.05, 0.1) is 0 Å². The summed E-state index contributed by atoms with van der Waals surface area (Å²) in [6, 6.07) is 31.9. The van der Waals surface area contributed by atoms with E-state index >= 15 is 0 Å². The third-order valence-electron chi connectivity index (χ3n) is 6.19. The van der Waals surface area contributed by atoms with Crippen molar-refractivity contribution in [2.75, 3.05) is 13.2 Å². The third kappa shape index (κ3) is 10.1. The maximum absolute atomic E-state index is 12.4. The molecule has 0 fully saturated rings. The van der Waals surface area contributed by atoms with Crippen LogP contribution in [0.15, 0.2) is 97.1 Å². The summed E-state index contributed by atoms with van der Waals surface area (Å²) in [6.07, 6.45) is 0. The van der Waals surface area contributed by atoms with Crippen LogP contribution < -0.4 is 16.7 Å². The number of esters is 2. The molecule has 0 heterocycles. The van der Waals surface area contributed by atoms with Crippen LogP contribution in [-0.4, -0.2) is 50.1 Å². The molecule has 0 radical (unpaired) electrons. The molecule has 4 aromatic carbocycles. The molecule has 0 saturated heterocycles. The molecule has 0 unspecified atom stereocenters. The Balaban J connectivity index is 1.69. The van der Waals surface area contributed by atoms with Gasteiger partial charge in [-0.15, -0.1) is 0 Å². The molecule has 9 heteroatoms. The van der Waals surface area contributed by atoms with Crippen molar-refractivity contribution < 1.29 is 28.5 Å². The van der Waals surface area contributed by atoms with Gasteiger partial charge in [-0.25, -0.2) is 0 Å². The minimum atomic E-state index is -3.33. The summed E-state index contributed by atoms with van der Waals surface area (Å²) in [5.41, 5.74) is 2.47. The Morgan fingerprint density at radius 1 is 0.578 bits per heavy atom. The number of ether oxygens (including phenoxy) is 4. The van der Waals surface area contributed by atoms with E-state index in [-0.39, 0.29) is 13.2 Å². The van der Waals surface area contributed by atoms with Crippen molar-refractivity contribution in [1.82, 2.24) is 0 Å². The quantitative estimate of drug-likeness (QED) is 0.120. The first-order valence-electron chi connectivity index (χ1n) is 14.4. The van der Waals surface area contributed by atoms with E-state index in [1.807, 2.05) is 126 Å². The molecule has 4 rings (SSSR count). The van der Waals surface area contributed by atoms with Gasteiger partial charge in [0.1, 0.15) is 0 Å². The molecule has 6 nitrogen and oxygen atoms in total. The molecule has 0 aliphatic carbocycles. The van der Waals surface area contributed by atoms with E-state index in [0.717, 1.165) is 29.5 Å². The van der Waals surface area contributed by atoms with Gasteiger partial charge in [-0.05, 0) is 0 Å². The van der Waals surface area contributed by atoms with Gasteiger partial charge in [-0.1, -0.05) is 0 Å². The summed E-state index contributed by atoms with van der Waals surface area (Å²) in [5, 5.41) is 0. The summed E-state index contributed by atoms with van der Waals surface area (Å²) in [5.74, 6) is 0.318. The zero-order chi connectivity index (χ0) is 32.8. The second-order valence-electron chi connectivity index (χ2n) is 12.3.